The Hall–Kier alpha value is -1.27. The molecule has 14 heavy (non-hydrogen) atoms. The van der Waals surface area contributed by atoms with Gasteiger partial charge in [-0.1, -0.05) is 27.8 Å². The van der Waals surface area contributed by atoms with Gasteiger partial charge in [-0.15, -0.1) is 0 Å². The van der Waals surface area contributed by atoms with Crippen molar-refractivity contribution >= 4 is 27.0 Å². The van der Waals surface area contributed by atoms with Crippen molar-refractivity contribution < 1.29 is 4.42 Å². The second-order valence-corrected chi connectivity index (χ2v) is 3.57. The lowest BCUT2D eigenvalue weighted by Gasteiger charge is -1.88. The van der Waals surface area contributed by atoms with E-state index in [1.54, 1.807) is 0 Å². The van der Waals surface area contributed by atoms with E-state index in [0.717, 1.165) is 28.4 Å². The van der Waals surface area contributed by atoms with Crippen LogP contribution in [-0.4, -0.2) is 10.3 Å². The maximum Gasteiger partial charge on any atom is 0.181 e. The van der Waals surface area contributed by atoms with Crippen molar-refractivity contribution in [3.05, 3.63) is 30.2 Å². The van der Waals surface area contributed by atoms with E-state index >= 15 is 0 Å². The van der Waals surface area contributed by atoms with E-state index in [-0.39, 0.29) is 0 Å². The molecule has 0 aliphatic heterocycles. The van der Waals surface area contributed by atoms with E-state index in [0.29, 0.717) is 0 Å². The molecule has 70 valence electrons. The number of fused-ring (bicyclic) bond motifs is 1. The smallest absolute Gasteiger partial charge is 0.181 e. The van der Waals surface area contributed by atoms with Crippen molar-refractivity contribution in [1.82, 2.24) is 4.98 Å². The quantitative estimate of drug-likeness (QED) is 0.574. The van der Waals surface area contributed by atoms with Crippen LogP contribution in [0.1, 0.15) is 12.0 Å². The van der Waals surface area contributed by atoms with Crippen molar-refractivity contribution in [3.63, 3.8) is 0 Å². The second kappa shape index (κ2) is 4.30. The molecule has 0 radical (unpaired) electrons. The number of nitrogens with zero attached hydrogens (tertiary/aromatic N) is 1. The van der Waals surface area contributed by atoms with Crippen LogP contribution < -0.4 is 0 Å². The molecule has 0 bridgehead atoms. The van der Waals surface area contributed by atoms with Gasteiger partial charge in [-0.25, -0.2) is 4.98 Å². The van der Waals surface area contributed by atoms with E-state index in [1.807, 2.05) is 18.2 Å². The zero-order valence-corrected chi connectivity index (χ0v) is 9.04. The number of hydrogen-bond donors (Lipinski definition) is 0. The predicted molar refractivity (Wildman–Crippen MR) is 59.3 cm³/mol. The van der Waals surface area contributed by atoms with E-state index in [1.165, 1.54) is 6.39 Å². The van der Waals surface area contributed by atoms with E-state index in [9.17, 15) is 0 Å². The summed E-state index contributed by atoms with van der Waals surface area (Å²) in [6.45, 7) is 0. The van der Waals surface area contributed by atoms with Gasteiger partial charge in [0.15, 0.2) is 12.0 Å². The zero-order valence-electron chi connectivity index (χ0n) is 7.46. The van der Waals surface area contributed by atoms with Crippen LogP contribution in [0.3, 0.4) is 0 Å². The fraction of sp³-hybridized carbons (Fsp3) is 0.182. The molecule has 0 amide bonds. The van der Waals surface area contributed by atoms with E-state index in [2.05, 4.69) is 32.8 Å². The molecule has 0 saturated heterocycles. The van der Waals surface area contributed by atoms with Crippen molar-refractivity contribution in [1.29, 1.82) is 0 Å². The van der Waals surface area contributed by atoms with E-state index < -0.39 is 0 Å². The topological polar surface area (TPSA) is 26.0 Å². The van der Waals surface area contributed by atoms with Crippen LogP contribution in [-0.2, 0) is 0 Å². The third-order valence-electron chi connectivity index (χ3n) is 1.78. The Kier molecular flexibility index (Phi) is 2.85. The number of aromatic nitrogens is 1. The highest BCUT2D eigenvalue weighted by Crippen LogP contribution is 2.13. The van der Waals surface area contributed by atoms with Crippen LogP contribution in [0.2, 0.25) is 0 Å². The van der Waals surface area contributed by atoms with Crippen molar-refractivity contribution in [2.75, 3.05) is 5.33 Å². The van der Waals surface area contributed by atoms with Crippen LogP contribution in [0.25, 0.3) is 11.1 Å². The molecule has 1 aromatic carbocycles. The molecule has 0 aliphatic carbocycles. The van der Waals surface area contributed by atoms with Gasteiger partial charge in [0.1, 0.15) is 5.52 Å². The summed E-state index contributed by atoms with van der Waals surface area (Å²) in [6.07, 6.45) is 2.30. The van der Waals surface area contributed by atoms with E-state index in [4.69, 9.17) is 4.42 Å². The van der Waals surface area contributed by atoms with Crippen LogP contribution in [0, 0.1) is 11.8 Å². The number of benzene rings is 1. The molecular weight excluding hydrogens is 242 g/mol. The molecule has 1 heterocycles. The Morgan fingerprint density at radius 3 is 3.21 bits per heavy atom. The van der Waals surface area contributed by atoms with Gasteiger partial charge in [0.25, 0.3) is 0 Å². The van der Waals surface area contributed by atoms with Crippen LogP contribution in [0.4, 0.5) is 0 Å². The lowest BCUT2D eigenvalue weighted by Crippen LogP contribution is -1.75. The number of oxazole rings is 1. The first-order valence-corrected chi connectivity index (χ1v) is 5.40. The summed E-state index contributed by atoms with van der Waals surface area (Å²) < 4.78 is 5.13. The van der Waals surface area contributed by atoms with Gasteiger partial charge >= 0.3 is 0 Å². The second-order valence-electron chi connectivity index (χ2n) is 2.78. The van der Waals surface area contributed by atoms with Gasteiger partial charge < -0.3 is 4.42 Å². The summed E-state index contributed by atoms with van der Waals surface area (Å²) in [5.41, 5.74) is 2.64. The maximum atomic E-state index is 5.13. The summed E-state index contributed by atoms with van der Waals surface area (Å²) in [4.78, 5) is 4.06. The van der Waals surface area contributed by atoms with Gasteiger partial charge in [-0.2, -0.15) is 0 Å². The Bertz CT molecular complexity index is 492. The summed E-state index contributed by atoms with van der Waals surface area (Å²) >= 11 is 3.33. The standard InChI is InChI=1S/C11H8BrNO/c12-6-2-1-3-9-4-5-11-10(7-9)13-8-14-11/h4-5,7-8H,2,6H2. The molecule has 0 fully saturated rings. The first-order valence-electron chi connectivity index (χ1n) is 4.28. The first kappa shape index (κ1) is 9.29. The lowest BCUT2D eigenvalue weighted by molar-refractivity contribution is 0.602. The van der Waals surface area contributed by atoms with Gasteiger partial charge in [0.2, 0.25) is 0 Å². The minimum atomic E-state index is 0.802. The Balaban J connectivity index is 2.31. The highest BCUT2D eigenvalue weighted by atomic mass is 79.9. The fourth-order valence-electron chi connectivity index (χ4n) is 1.15. The molecule has 0 unspecified atom stereocenters. The minimum absolute atomic E-state index is 0.802. The number of rotatable bonds is 1. The SMILES string of the molecule is BrCCC#Cc1ccc2ocnc2c1. The normalized spacial score (nSPS) is 9.79. The molecule has 2 rings (SSSR count). The van der Waals surface area contributed by atoms with Crippen molar-refractivity contribution in [3.8, 4) is 11.8 Å². The average Bonchev–Trinajstić information content (AvgIpc) is 2.65. The molecule has 2 aromatic rings. The summed E-state index contributed by atoms with van der Waals surface area (Å²) in [7, 11) is 0. The minimum Gasteiger partial charge on any atom is -0.443 e. The molecule has 0 saturated carbocycles. The molecule has 0 atom stereocenters. The van der Waals surface area contributed by atoms with Crippen molar-refractivity contribution in [2.24, 2.45) is 0 Å². The third kappa shape index (κ3) is 1.97. The molecular formula is C11H8BrNO. The molecule has 3 heteroatoms. The Morgan fingerprint density at radius 2 is 2.36 bits per heavy atom. The fourth-order valence-corrected chi connectivity index (χ4v) is 1.35. The molecule has 0 spiro atoms. The lowest BCUT2D eigenvalue weighted by atomic mass is 10.2. The first-order chi connectivity index (χ1) is 6.90. The van der Waals surface area contributed by atoms with Gasteiger partial charge in [0, 0.05) is 17.3 Å². The number of hydrogen-bond acceptors (Lipinski definition) is 2. The maximum absolute atomic E-state index is 5.13. The zero-order chi connectivity index (χ0) is 9.80. The average molecular weight is 250 g/mol. The summed E-state index contributed by atoms with van der Waals surface area (Å²) in [5.74, 6) is 6.12. The molecule has 0 aliphatic rings. The van der Waals surface area contributed by atoms with Crippen LogP contribution in [0.15, 0.2) is 29.0 Å². The van der Waals surface area contributed by atoms with Gasteiger partial charge in [-0.3, -0.25) is 0 Å². The summed E-state index contributed by atoms with van der Waals surface area (Å²) in [6, 6.07) is 5.76. The summed E-state index contributed by atoms with van der Waals surface area (Å²) in [5, 5.41) is 0.909. The largest absolute Gasteiger partial charge is 0.443 e. The van der Waals surface area contributed by atoms with Crippen LogP contribution >= 0.6 is 15.9 Å². The highest BCUT2D eigenvalue weighted by molar-refractivity contribution is 9.09. The number of alkyl halides is 1. The third-order valence-corrected chi connectivity index (χ3v) is 2.18. The molecule has 0 N–H and O–H groups in total. The monoisotopic (exact) mass is 249 g/mol. The van der Waals surface area contributed by atoms with Crippen LogP contribution in [0.5, 0.6) is 0 Å². The molecule has 2 nitrogen and oxygen atoms in total. The molecule has 1 aromatic heterocycles. The number of halogens is 1. The Labute approximate surface area is 90.5 Å². The Morgan fingerprint density at radius 1 is 1.43 bits per heavy atom. The van der Waals surface area contributed by atoms with Gasteiger partial charge in [-0.05, 0) is 18.2 Å². The van der Waals surface area contributed by atoms with Gasteiger partial charge in [0.05, 0.1) is 0 Å². The highest BCUT2D eigenvalue weighted by Gasteiger charge is 1.97. The predicted octanol–water partition coefficient (Wildman–Crippen LogP) is 2.96. The van der Waals surface area contributed by atoms with Crippen molar-refractivity contribution in [2.45, 2.75) is 6.42 Å².